The quantitative estimate of drug-likeness (QED) is 0.617. The lowest BCUT2D eigenvalue weighted by Crippen LogP contribution is -1.95. The first-order valence-corrected chi connectivity index (χ1v) is 4.69. The van der Waals surface area contributed by atoms with Crippen LogP contribution in [0.25, 0.3) is 11.3 Å². The molecule has 16 heavy (non-hydrogen) atoms. The number of anilines is 1. The highest BCUT2D eigenvalue weighted by Crippen LogP contribution is 2.24. The molecule has 0 aliphatic rings. The van der Waals surface area contributed by atoms with Gasteiger partial charge in [-0.3, -0.25) is 0 Å². The number of nitrogens with zero attached hydrogens (tertiary/aromatic N) is 2. The third-order valence-corrected chi connectivity index (χ3v) is 2.17. The molecule has 6 heteroatoms. The van der Waals surface area contributed by atoms with E-state index in [1.807, 2.05) is 0 Å². The van der Waals surface area contributed by atoms with Gasteiger partial charge in [0.25, 0.3) is 0 Å². The molecular weight excluding hydrogens is 236 g/mol. The standard InChI is InChI=1S/C10H6ClF2N3/c11-10-15-4-7(13)9(16-10)5-1-2-6(12)8(14)3-5/h1-4H,14H2. The Morgan fingerprint density at radius 3 is 2.62 bits per heavy atom. The highest BCUT2D eigenvalue weighted by molar-refractivity contribution is 6.28. The molecule has 2 aromatic rings. The van der Waals surface area contributed by atoms with Gasteiger partial charge in [0.15, 0.2) is 5.82 Å². The molecule has 0 spiro atoms. The summed E-state index contributed by atoms with van der Waals surface area (Å²) in [5.41, 5.74) is 5.64. The van der Waals surface area contributed by atoms with Crippen LogP contribution < -0.4 is 5.73 Å². The first-order valence-electron chi connectivity index (χ1n) is 4.31. The van der Waals surface area contributed by atoms with Crippen LogP contribution in [0.15, 0.2) is 24.4 Å². The SMILES string of the molecule is Nc1cc(-c2nc(Cl)ncc2F)ccc1F. The molecule has 0 saturated heterocycles. The second-order valence-corrected chi connectivity index (χ2v) is 3.41. The molecule has 3 nitrogen and oxygen atoms in total. The fraction of sp³-hybridized carbons (Fsp3) is 0. The Hall–Kier alpha value is -1.75. The van der Waals surface area contributed by atoms with Gasteiger partial charge >= 0.3 is 0 Å². The van der Waals surface area contributed by atoms with Gasteiger partial charge in [0.05, 0.1) is 11.9 Å². The summed E-state index contributed by atoms with van der Waals surface area (Å²) in [6.45, 7) is 0. The maximum absolute atomic E-state index is 13.4. The van der Waals surface area contributed by atoms with Crippen LogP contribution in [-0.4, -0.2) is 9.97 Å². The fourth-order valence-corrected chi connectivity index (χ4v) is 1.37. The summed E-state index contributed by atoms with van der Waals surface area (Å²) in [5.74, 6) is -1.21. The molecule has 0 fully saturated rings. The summed E-state index contributed by atoms with van der Waals surface area (Å²) in [4.78, 5) is 7.19. The number of rotatable bonds is 1. The number of nitrogen functional groups attached to an aromatic ring is 1. The van der Waals surface area contributed by atoms with Gasteiger partial charge in [0.2, 0.25) is 5.28 Å². The van der Waals surface area contributed by atoms with Crippen LogP contribution in [0.3, 0.4) is 0 Å². The van der Waals surface area contributed by atoms with E-state index in [-0.39, 0.29) is 16.7 Å². The van der Waals surface area contributed by atoms with Crippen molar-refractivity contribution in [3.8, 4) is 11.3 Å². The zero-order valence-corrected chi connectivity index (χ0v) is 8.67. The van der Waals surface area contributed by atoms with E-state index >= 15 is 0 Å². The first kappa shape index (κ1) is 10.8. The number of aromatic nitrogens is 2. The van der Waals surface area contributed by atoms with Crippen molar-refractivity contribution < 1.29 is 8.78 Å². The molecule has 2 N–H and O–H groups in total. The van der Waals surface area contributed by atoms with Crippen molar-refractivity contribution in [1.82, 2.24) is 9.97 Å². The lowest BCUT2D eigenvalue weighted by atomic mass is 10.1. The Bertz CT molecular complexity index is 546. The van der Waals surface area contributed by atoms with Crippen molar-refractivity contribution in [1.29, 1.82) is 0 Å². The molecule has 0 amide bonds. The monoisotopic (exact) mass is 241 g/mol. The molecule has 1 aromatic heterocycles. The molecule has 82 valence electrons. The minimum Gasteiger partial charge on any atom is -0.396 e. The molecular formula is C10H6ClF2N3. The Morgan fingerprint density at radius 2 is 1.94 bits per heavy atom. The smallest absolute Gasteiger partial charge is 0.223 e. The second-order valence-electron chi connectivity index (χ2n) is 3.07. The van der Waals surface area contributed by atoms with E-state index in [0.717, 1.165) is 12.3 Å². The maximum Gasteiger partial charge on any atom is 0.223 e. The van der Waals surface area contributed by atoms with Gasteiger partial charge in [-0.1, -0.05) is 0 Å². The van der Waals surface area contributed by atoms with Crippen molar-refractivity contribution in [3.63, 3.8) is 0 Å². The second kappa shape index (κ2) is 4.02. The van der Waals surface area contributed by atoms with Gasteiger partial charge in [-0.05, 0) is 29.8 Å². The number of benzene rings is 1. The molecule has 0 radical (unpaired) electrons. The number of halogens is 3. The fourth-order valence-electron chi connectivity index (χ4n) is 1.24. The molecule has 0 bridgehead atoms. The number of hydrogen-bond donors (Lipinski definition) is 1. The van der Waals surface area contributed by atoms with Crippen molar-refractivity contribution in [2.24, 2.45) is 0 Å². The normalized spacial score (nSPS) is 10.4. The van der Waals surface area contributed by atoms with Crippen molar-refractivity contribution >= 4 is 17.3 Å². The Morgan fingerprint density at radius 1 is 1.19 bits per heavy atom. The third kappa shape index (κ3) is 1.94. The predicted octanol–water partition coefficient (Wildman–Crippen LogP) is 2.66. The molecule has 2 rings (SSSR count). The zero-order valence-electron chi connectivity index (χ0n) is 7.92. The van der Waals surface area contributed by atoms with Crippen LogP contribution in [0.1, 0.15) is 0 Å². The maximum atomic E-state index is 13.4. The van der Waals surface area contributed by atoms with E-state index < -0.39 is 11.6 Å². The van der Waals surface area contributed by atoms with Crippen LogP contribution in [0.5, 0.6) is 0 Å². The highest BCUT2D eigenvalue weighted by Gasteiger charge is 2.10. The molecule has 0 unspecified atom stereocenters. The van der Waals surface area contributed by atoms with E-state index in [0.29, 0.717) is 5.56 Å². The average Bonchev–Trinajstić information content (AvgIpc) is 2.26. The molecule has 1 aromatic carbocycles. The van der Waals surface area contributed by atoms with Crippen LogP contribution in [-0.2, 0) is 0 Å². The largest absolute Gasteiger partial charge is 0.396 e. The summed E-state index contributed by atoms with van der Waals surface area (Å²) in [7, 11) is 0. The van der Waals surface area contributed by atoms with Gasteiger partial charge in [-0.25, -0.2) is 18.7 Å². The Balaban J connectivity index is 2.58. The van der Waals surface area contributed by atoms with Gasteiger partial charge in [0, 0.05) is 5.56 Å². The van der Waals surface area contributed by atoms with Crippen LogP contribution >= 0.6 is 11.6 Å². The predicted molar refractivity (Wildman–Crippen MR) is 56.8 cm³/mol. The van der Waals surface area contributed by atoms with E-state index in [9.17, 15) is 8.78 Å². The zero-order chi connectivity index (χ0) is 11.7. The van der Waals surface area contributed by atoms with E-state index in [1.54, 1.807) is 0 Å². The topological polar surface area (TPSA) is 51.8 Å². The van der Waals surface area contributed by atoms with E-state index in [4.69, 9.17) is 17.3 Å². The summed E-state index contributed by atoms with van der Waals surface area (Å²) < 4.78 is 26.3. The average molecular weight is 242 g/mol. The van der Waals surface area contributed by atoms with Gasteiger partial charge in [-0.15, -0.1) is 0 Å². The molecule has 0 saturated carbocycles. The molecule has 0 aliphatic carbocycles. The molecule has 1 heterocycles. The van der Waals surface area contributed by atoms with Gasteiger partial charge in [0.1, 0.15) is 11.5 Å². The highest BCUT2D eigenvalue weighted by atomic mass is 35.5. The summed E-state index contributed by atoms with van der Waals surface area (Å²) >= 11 is 5.54. The van der Waals surface area contributed by atoms with Crippen molar-refractivity contribution in [2.75, 3.05) is 5.73 Å². The van der Waals surface area contributed by atoms with Crippen LogP contribution in [0.2, 0.25) is 5.28 Å². The van der Waals surface area contributed by atoms with Crippen molar-refractivity contribution in [2.45, 2.75) is 0 Å². The third-order valence-electron chi connectivity index (χ3n) is 1.98. The summed E-state index contributed by atoms with van der Waals surface area (Å²) in [6, 6.07) is 3.80. The lowest BCUT2D eigenvalue weighted by Gasteiger charge is -2.04. The lowest BCUT2D eigenvalue weighted by molar-refractivity contribution is 0.617. The Labute approximate surface area is 94.9 Å². The number of hydrogen-bond acceptors (Lipinski definition) is 3. The minimum absolute atomic E-state index is 0.00769. The summed E-state index contributed by atoms with van der Waals surface area (Å²) in [5, 5.41) is -0.0840. The molecule has 0 atom stereocenters. The van der Waals surface area contributed by atoms with Gasteiger partial charge < -0.3 is 5.73 Å². The van der Waals surface area contributed by atoms with Crippen LogP contribution in [0, 0.1) is 11.6 Å². The van der Waals surface area contributed by atoms with Crippen molar-refractivity contribution in [3.05, 3.63) is 41.3 Å². The first-order chi connectivity index (χ1) is 7.58. The number of nitrogens with two attached hydrogens (primary N) is 1. The van der Waals surface area contributed by atoms with Crippen LogP contribution in [0.4, 0.5) is 14.5 Å². The van der Waals surface area contributed by atoms with Gasteiger partial charge in [-0.2, -0.15) is 0 Å². The van der Waals surface area contributed by atoms with E-state index in [1.165, 1.54) is 12.1 Å². The van der Waals surface area contributed by atoms with E-state index in [2.05, 4.69) is 9.97 Å². The minimum atomic E-state index is -0.643. The molecule has 0 aliphatic heterocycles. The summed E-state index contributed by atoms with van der Waals surface area (Å²) in [6.07, 6.45) is 0.949. The Kier molecular flexibility index (Phi) is 2.70.